The van der Waals surface area contributed by atoms with E-state index >= 15 is 0 Å². The van der Waals surface area contributed by atoms with Gasteiger partial charge in [0.25, 0.3) is 0 Å². The van der Waals surface area contributed by atoms with Gasteiger partial charge in [-0.15, -0.1) is 0 Å². The van der Waals surface area contributed by atoms with Crippen LogP contribution in [0.15, 0.2) is 4.99 Å². The molecule has 0 fully saturated rings. The number of unbranched alkanes of at least 4 members (excludes halogenated alkanes) is 12. The molecule has 0 aromatic heterocycles. The second-order valence-electron chi connectivity index (χ2n) is 8.21. The van der Waals surface area contributed by atoms with E-state index in [2.05, 4.69) is 14.0 Å². The molecule has 148 valence electrons. The van der Waals surface area contributed by atoms with Gasteiger partial charge in [0.05, 0.1) is 20.1 Å². The zero-order chi connectivity index (χ0) is 18.2. The molecule has 0 radical (unpaired) electrons. The van der Waals surface area contributed by atoms with Gasteiger partial charge < -0.3 is 5.11 Å². The third kappa shape index (κ3) is 10.4. The molecule has 0 saturated carbocycles. The van der Waals surface area contributed by atoms with E-state index in [1.165, 1.54) is 95.9 Å². The summed E-state index contributed by atoms with van der Waals surface area (Å²) >= 11 is 0. The Morgan fingerprint density at radius 3 is 1.92 bits per heavy atom. The maximum absolute atomic E-state index is 8.98. The largest absolute Gasteiger partial charge is 0.396 e. The van der Waals surface area contributed by atoms with E-state index in [9.17, 15) is 0 Å². The average molecular weight is 354 g/mol. The van der Waals surface area contributed by atoms with Crippen molar-refractivity contribution in [1.29, 1.82) is 0 Å². The molecule has 1 heterocycles. The van der Waals surface area contributed by atoms with Gasteiger partial charge in [-0.3, -0.25) is 4.48 Å². The Labute approximate surface area is 157 Å². The van der Waals surface area contributed by atoms with Crippen LogP contribution in [0.4, 0.5) is 0 Å². The van der Waals surface area contributed by atoms with Crippen molar-refractivity contribution < 1.29 is 9.59 Å². The fourth-order valence-electron chi connectivity index (χ4n) is 3.99. The molecular weight excluding hydrogens is 308 g/mol. The van der Waals surface area contributed by atoms with Crippen LogP contribution in [-0.2, 0) is 0 Å². The normalized spacial score (nSPS) is 20.2. The number of hydrogen-bond acceptors (Lipinski definition) is 2. The van der Waals surface area contributed by atoms with Crippen LogP contribution in [0, 0.1) is 0 Å². The van der Waals surface area contributed by atoms with Gasteiger partial charge >= 0.3 is 0 Å². The molecule has 0 saturated heterocycles. The highest BCUT2D eigenvalue weighted by Gasteiger charge is 2.32. The van der Waals surface area contributed by atoms with Crippen LogP contribution in [-0.4, -0.2) is 48.7 Å². The molecule has 3 heteroatoms. The number of aliphatic imine (C=N–C) groups is 1. The van der Waals surface area contributed by atoms with Gasteiger partial charge in [-0.2, -0.15) is 0 Å². The predicted molar refractivity (Wildman–Crippen MR) is 110 cm³/mol. The van der Waals surface area contributed by atoms with E-state index in [0.717, 1.165) is 30.4 Å². The summed E-state index contributed by atoms with van der Waals surface area (Å²) in [7, 11) is 2.34. The summed E-state index contributed by atoms with van der Waals surface area (Å²) in [6.45, 7) is 5.93. The molecule has 3 nitrogen and oxygen atoms in total. The number of likely N-dealkylation sites (N-methyl/N-ethyl adjacent to an activating group) is 1. The number of rotatable bonds is 17. The monoisotopic (exact) mass is 353 g/mol. The van der Waals surface area contributed by atoms with Crippen molar-refractivity contribution in [2.24, 2.45) is 4.99 Å². The molecule has 1 rings (SSSR count). The number of aliphatic hydroxyl groups excluding tert-OH is 1. The minimum absolute atomic E-state index is 0.325. The summed E-state index contributed by atoms with van der Waals surface area (Å²) in [5.41, 5.74) is 0. The third-order valence-electron chi connectivity index (χ3n) is 5.82. The minimum Gasteiger partial charge on any atom is -0.396 e. The Bertz CT molecular complexity index is 343. The Balaban J connectivity index is 1.95. The van der Waals surface area contributed by atoms with Crippen molar-refractivity contribution in [3.63, 3.8) is 0 Å². The molecule has 1 unspecified atom stereocenters. The maximum atomic E-state index is 8.98. The third-order valence-corrected chi connectivity index (χ3v) is 5.82. The van der Waals surface area contributed by atoms with Crippen LogP contribution >= 0.6 is 0 Å². The summed E-state index contributed by atoms with van der Waals surface area (Å²) in [6, 6.07) is 0. The number of aliphatic hydroxyl groups is 1. The number of hydrogen-bond donors (Lipinski definition) is 1. The Morgan fingerprint density at radius 1 is 0.800 bits per heavy atom. The summed E-state index contributed by atoms with van der Waals surface area (Å²) in [5, 5.41) is 8.98. The molecule has 0 aromatic carbocycles. The van der Waals surface area contributed by atoms with Gasteiger partial charge in [-0.1, -0.05) is 77.6 Å². The van der Waals surface area contributed by atoms with Gasteiger partial charge in [0.1, 0.15) is 6.54 Å². The number of nitrogens with zero attached hydrogens (tertiary/aromatic N) is 2. The lowest BCUT2D eigenvalue weighted by Gasteiger charge is -2.30. The lowest BCUT2D eigenvalue weighted by molar-refractivity contribution is -0.815. The van der Waals surface area contributed by atoms with E-state index in [1.54, 1.807) is 0 Å². The summed E-state index contributed by atoms with van der Waals surface area (Å²) in [4.78, 5) is 4.78. The fourth-order valence-corrected chi connectivity index (χ4v) is 3.99. The molecule has 25 heavy (non-hydrogen) atoms. The van der Waals surface area contributed by atoms with Crippen LogP contribution in [0.2, 0.25) is 0 Å². The second kappa shape index (κ2) is 14.7. The SMILES string of the molecule is CCCCCCCCCCCCCCC1=NCC[N+]1(C)CCCCO. The maximum Gasteiger partial charge on any atom is 0.198 e. The predicted octanol–water partition coefficient (Wildman–Crippen LogP) is 5.71. The van der Waals surface area contributed by atoms with Crippen LogP contribution in [0.5, 0.6) is 0 Å². The first-order valence-corrected chi connectivity index (χ1v) is 11.2. The van der Waals surface area contributed by atoms with Crippen LogP contribution in [0.3, 0.4) is 0 Å². The van der Waals surface area contributed by atoms with Crippen LogP contribution in [0.25, 0.3) is 0 Å². The summed E-state index contributed by atoms with van der Waals surface area (Å²) in [5.74, 6) is 1.42. The first-order valence-electron chi connectivity index (χ1n) is 11.2. The fraction of sp³-hybridized carbons (Fsp3) is 0.955. The zero-order valence-corrected chi connectivity index (χ0v) is 17.3. The van der Waals surface area contributed by atoms with Gasteiger partial charge in [0.15, 0.2) is 5.84 Å². The molecular formula is C22H45N2O+. The first kappa shape index (κ1) is 22.6. The highest BCUT2D eigenvalue weighted by molar-refractivity contribution is 5.76. The highest BCUT2D eigenvalue weighted by Crippen LogP contribution is 2.19. The number of amidine groups is 1. The van der Waals surface area contributed by atoms with E-state index in [1.807, 2.05) is 0 Å². The second-order valence-corrected chi connectivity index (χ2v) is 8.21. The minimum atomic E-state index is 0.325. The smallest absolute Gasteiger partial charge is 0.198 e. The Hall–Kier alpha value is -0.410. The van der Waals surface area contributed by atoms with Gasteiger partial charge in [0, 0.05) is 13.0 Å². The van der Waals surface area contributed by atoms with Gasteiger partial charge in [-0.05, 0) is 19.3 Å². The highest BCUT2D eigenvalue weighted by atomic mass is 16.2. The first-order chi connectivity index (χ1) is 12.2. The summed E-state index contributed by atoms with van der Waals surface area (Å²) in [6.07, 6.45) is 20.2. The van der Waals surface area contributed by atoms with E-state index in [4.69, 9.17) is 10.1 Å². The number of quaternary nitrogens is 1. The molecule has 0 aliphatic carbocycles. The van der Waals surface area contributed by atoms with Gasteiger partial charge in [-0.25, -0.2) is 4.99 Å². The molecule has 1 aliphatic heterocycles. The van der Waals surface area contributed by atoms with Crippen molar-refractivity contribution in [2.75, 3.05) is 33.3 Å². The molecule has 1 atom stereocenters. The standard InChI is InChI=1S/C22H45N2O/c1-3-4-5-6-7-8-9-10-11-12-13-14-17-22-23-18-20-24(22,2)19-15-16-21-25/h25H,3-21H2,1-2H3/q+1. The van der Waals surface area contributed by atoms with Crippen molar-refractivity contribution in [3.05, 3.63) is 0 Å². The van der Waals surface area contributed by atoms with Crippen molar-refractivity contribution in [2.45, 2.75) is 103 Å². The lowest BCUT2D eigenvalue weighted by atomic mass is 10.0. The summed E-state index contributed by atoms with van der Waals surface area (Å²) < 4.78 is 1.04. The topological polar surface area (TPSA) is 32.6 Å². The van der Waals surface area contributed by atoms with Crippen LogP contribution in [0.1, 0.15) is 103 Å². The van der Waals surface area contributed by atoms with E-state index in [-0.39, 0.29) is 0 Å². The lowest BCUT2D eigenvalue weighted by Crippen LogP contribution is -2.47. The van der Waals surface area contributed by atoms with E-state index < -0.39 is 0 Å². The van der Waals surface area contributed by atoms with E-state index in [0.29, 0.717) is 6.61 Å². The Morgan fingerprint density at radius 2 is 1.36 bits per heavy atom. The molecule has 0 amide bonds. The molecule has 1 aliphatic rings. The van der Waals surface area contributed by atoms with Crippen molar-refractivity contribution in [3.8, 4) is 0 Å². The molecule has 0 aromatic rings. The quantitative estimate of drug-likeness (QED) is 0.264. The average Bonchev–Trinajstić information content (AvgIpc) is 2.97. The van der Waals surface area contributed by atoms with Crippen molar-refractivity contribution >= 4 is 5.84 Å². The van der Waals surface area contributed by atoms with Crippen LogP contribution < -0.4 is 0 Å². The Kier molecular flexibility index (Phi) is 13.3. The van der Waals surface area contributed by atoms with Gasteiger partial charge in [0.2, 0.25) is 0 Å². The molecule has 0 spiro atoms. The van der Waals surface area contributed by atoms with Crippen molar-refractivity contribution in [1.82, 2.24) is 0 Å². The molecule has 0 bridgehead atoms. The zero-order valence-electron chi connectivity index (χ0n) is 17.3. The molecule has 1 N–H and O–H groups in total.